The van der Waals surface area contributed by atoms with E-state index in [0.29, 0.717) is 28.5 Å². The number of amides is 1. The van der Waals surface area contributed by atoms with Crippen LogP contribution in [-0.2, 0) is 6.54 Å². The molecular weight excluding hydrogens is 368 g/mol. The quantitative estimate of drug-likeness (QED) is 0.567. The van der Waals surface area contributed by atoms with Gasteiger partial charge in [0.25, 0.3) is 11.5 Å². The Bertz CT molecular complexity index is 1190. The number of hydrogen-bond donors (Lipinski definition) is 2. The number of benzene rings is 1. The lowest BCUT2D eigenvalue weighted by molar-refractivity contribution is 0.102. The Kier molecular flexibility index (Phi) is 4.25. The van der Waals surface area contributed by atoms with Gasteiger partial charge >= 0.3 is 0 Å². The van der Waals surface area contributed by atoms with Crippen LogP contribution < -0.4 is 10.9 Å². The van der Waals surface area contributed by atoms with Crippen molar-refractivity contribution in [2.45, 2.75) is 13.5 Å². The number of aromatic amines is 1. The predicted molar refractivity (Wildman–Crippen MR) is 102 cm³/mol. The molecule has 0 aliphatic rings. The zero-order chi connectivity index (χ0) is 19.0. The van der Waals surface area contributed by atoms with Crippen LogP contribution in [0.2, 0.25) is 5.02 Å². The van der Waals surface area contributed by atoms with Gasteiger partial charge in [-0.05, 0) is 31.2 Å². The highest BCUT2D eigenvalue weighted by molar-refractivity contribution is 6.30. The van der Waals surface area contributed by atoms with E-state index in [9.17, 15) is 9.59 Å². The van der Waals surface area contributed by atoms with E-state index >= 15 is 0 Å². The van der Waals surface area contributed by atoms with Gasteiger partial charge in [0, 0.05) is 41.3 Å². The van der Waals surface area contributed by atoms with Crippen LogP contribution in [0.15, 0.2) is 53.7 Å². The number of aryl methyl sites for hydroxylation is 1. The minimum Gasteiger partial charge on any atom is -0.322 e. The van der Waals surface area contributed by atoms with Gasteiger partial charge in [-0.3, -0.25) is 19.4 Å². The maximum atomic E-state index is 12.6. The Morgan fingerprint density at radius 3 is 2.78 bits per heavy atom. The summed E-state index contributed by atoms with van der Waals surface area (Å²) in [5.41, 5.74) is 1.94. The normalized spacial score (nSPS) is 11.0. The van der Waals surface area contributed by atoms with E-state index < -0.39 is 0 Å². The van der Waals surface area contributed by atoms with Gasteiger partial charge in [-0.2, -0.15) is 5.10 Å². The molecule has 0 radical (unpaired) electrons. The Hall–Kier alpha value is -3.39. The number of carbonyl (C=O) groups is 1. The fourth-order valence-corrected chi connectivity index (χ4v) is 2.82. The first kappa shape index (κ1) is 17.0. The molecule has 0 atom stereocenters. The highest BCUT2D eigenvalue weighted by Crippen LogP contribution is 2.18. The number of halogens is 1. The number of hydrogen-bond acceptors (Lipinski definition) is 4. The van der Waals surface area contributed by atoms with Crippen LogP contribution in [0.5, 0.6) is 0 Å². The maximum absolute atomic E-state index is 12.6. The molecule has 2 N–H and O–H groups in total. The van der Waals surface area contributed by atoms with Crippen molar-refractivity contribution in [2.24, 2.45) is 0 Å². The molecule has 3 heterocycles. The van der Waals surface area contributed by atoms with Crippen molar-refractivity contribution in [3.8, 4) is 11.3 Å². The summed E-state index contributed by atoms with van der Waals surface area (Å²) >= 11 is 5.86. The zero-order valence-corrected chi connectivity index (χ0v) is 15.1. The average Bonchev–Trinajstić information content (AvgIpc) is 3.30. The smallest absolute Gasteiger partial charge is 0.273 e. The number of nitrogens with one attached hydrogen (secondary N) is 2. The highest BCUT2D eigenvalue weighted by atomic mass is 35.5. The molecular formula is C18H15ClN6O2. The van der Waals surface area contributed by atoms with Crippen LogP contribution in [0.4, 0.5) is 5.69 Å². The van der Waals surface area contributed by atoms with Crippen LogP contribution in [0, 0.1) is 0 Å². The molecule has 136 valence electrons. The first-order chi connectivity index (χ1) is 13.0. The summed E-state index contributed by atoms with van der Waals surface area (Å²) in [7, 11) is 0. The van der Waals surface area contributed by atoms with Crippen molar-refractivity contribution < 1.29 is 4.79 Å². The number of fused-ring (bicyclic) bond motifs is 1. The lowest BCUT2D eigenvalue weighted by atomic mass is 10.2. The van der Waals surface area contributed by atoms with Gasteiger partial charge < -0.3 is 5.32 Å². The van der Waals surface area contributed by atoms with Crippen LogP contribution in [0.1, 0.15) is 17.3 Å². The number of anilines is 1. The minimum absolute atomic E-state index is 0.244. The molecule has 0 unspecified atom stereocenters. The molecule has 9 heteroatoms. The maximum Gasteiger partial charge on any atom is 0.273 e. The number of H-pyrrole nitrogens is 1. The summed E-state index contributed by atoms with van der Waals surface area (Å²) in [5, 5.41) is 10.3. The molecule has 0 fully saturated rings. The predicted octanol–water partition coefficient (Wildman–Crippen LogP) is 2.81. The van der Waals surface area contributed by atoms with Gasteiger partial charge in [-0.1, -0.05) is 11.6 Å². The summed E-state index contributed by atoms with van der Waals surface area (Å²) in [6.45, 7) is 2.67. The molecule has 1 amide bonds. The molecule has 0 bridgehead atoms. The molecule has 4 rings (SSSR count). The number of nitrogens with zero attached hydrogens (tertiary/aromatic N) is 4. The van der Waals surface area contributed by atoms with E-state index in [1.165, 1.54) is 16.8 Å². The van der Waals surface area contributed by atoms with Gasteiger partial charge in [-0.25, -0.2) is 9.50 Å². The van der Waals surface area contributed by atoms with E-state index in [0.717, 1.165) is 0 Å². The molecule has 8 nitrogen and oxygen atoms in total. The molecule has 1 aromatic carbocycles. The zero-order valence-electron chi connectivity index (χ0n) is 14.3. The van der Waals surface area contributed by atoms with E-state index in [4.69, 9.17) is 11.6 Å². The van der Waals surface area contributed by atoms with Crippen molar-refractivity contribution in [1.29, 1.82) is 0 Å². The van der Waals surface area contributed by atoms with Crippen LogP contribution in [0.25, 0.3) is 16.9 Å². The fraction of sp³-hybridized carbons (Fsp3) is 0.111. The third-order valence-electron chi connectivity index (χ3n) is 4.10. The number of rotatable bonds is 4. The summed E-state index contributed by atoms with van der Waals surface area (Å²) < 4.78 is 2.97. The van der Waals surface area contributed by atoms with Gasteiger partial charge in [0.05, 0.1) is 11.9 Å². The molecule has 27 heavy (non-hydrogen) atoms. The van der Waals surface area contributed by atoms with Crippen LogP contribution in [0.3, 0.4) is 0 Å². The Balaban J connectivity index is 1.74. The van der Waals surface area contributed by atoms with Crippen LogP contribution >= 0.6 is 11.6 Å². The van der Waals surface area contributed by atoms with Crippen LogP contribution in [-0.4, -0.2) is 30.3 Å². The van der Waals surface area contributed by atoms with E-state index in [1.54, 1.807) is 41.3 Å². The summed E-state index contributed by atoms with van der Waals surface area (Å²) in [5.74, 6) is -0.385. The summed E-state index contributed by atoms with van der Waals surface area (Å²) in [6.07, 6.45) is 4.90. The topological polar surface area (TPSA) is 97.1 Å². The molecule has 0 saturated heterocycles. The monoisotopic (exact) mass is 382 g/mol. The van der Waals surface area contributed by atoms with Crippen molar-refractivity contribution >= 4 is 28.8 Å². The van der Waals surface area contributed by atoms with E-state index in [-0.39, 0.29) is 22.7 Å². The summed E-state index contributed by atoms with van der Waals surface area (Å²) in [4.78, 5) is 29.5. The molecule has 0 saturated carbocycles. The van der Waals surface area contributed by atoms with Crippen molar-refractivity contribution in [1.82, 2.24) is 24.4 Å². The molecule has 3 aromatic heterocycles. The second kappa shape index (κ2) is 6.73. The fourth-order valence-electron chi connectivity index (χ4n) is 2.70. The average molecular weight is 383 g/mol. The third-order valence-corrected chi connectivity index (χ3v) is 4.35. The number of carbonyl (C=O) groups excluding carboxylic acids is 1. The minimum atomic E-state index is -0.385. The standard InChI is InChI=1S/C18H15ClN6O2/c1-2-24-10-11(8-20-24)15-7-16(26)25-17(23-15)14(9-21-25)18(27)22-13-5-3-12(19)4-6-13/h3-10,21H,2H2,1H3,(H,22,27). The highest BCUT2D eigenvalue weighted by Gasteiger charge is 2.17. The van der Waals surface area contributed by atoms with E-state index in [1.807, 2.05) is 6.92 Å². The molecule has 0 spiro atoms. The Morgan fingerprint density at radius 2 is 2.07 bits per heavy atom. The van der Waals surface area contributed by atoms with Crippen molar-refractivity contribution in [3.05, 3.63) is 69.9 Å². The van der Waals surface area contributed by atoms with Gasteiger partial charge in [0.15, 0.2) is 5.65 Å². The summed E-state index contributed by atoms with van der Waals surface area (Å²) in [6, 6.07) is 8.15. The van der Waals surface area contributed by atoms with Gasteiger partial charge in [-0.15, -0.1) is 0 Å². The second-order valence-corrected chi connectivity index (χ2v) is 6.31. The Labute approximate surface area is 158 Å². The van der Waals surface area contributed by atoms with E-state index in [2.05, 4.69) is 20.5 Å². The van der Waals surface area contributed by atoms with Gasteiger partial charge in [0.2, 0.25) is 0 Å². The van der Waals surface area contributed by atoms with Crippen molar-refractivity contribution in [2.75, 3.05) is 5.32 Å². The van der Waals surface area contributed by atoms with Crippen molar-refractivity contribution in [3.63, 3.8) is 0 Å². The SMILES string of the molecule is CCn1cc(-c2cc(=O)n3[nH]cc(C(=O)Nc4ccc(Cl)cc4)c3n2)cn1. The third kappa shape index (κ3) is 3.22. The Morgan fingerprint density at radius 1 is 1.30 bits per heavy atom. The molecule has 0 aliphatic carbocycles. The molecule has 0 aliphatic heterocycles. The second-order valence-electron chi connectivity index (χ2n) is 5.87. The first-order valence-electron chi connectivity index (χ1n) is 8.26. The largest absolute Gasteiger partial charge is 0.322 e. The molecule has 4 aromatic rings. The number of aromatic nitrogens is 5. The van der Waals surface area contributed by atoms with Gasteiger partial charge in [0.1, 0.15) is 5.56 Å². The lowest BCUT2D eigenvalue weighted by Crippen LogP contribution is -2.16. The first-order valence-corrected chi connectivity index (χ1v) is 8.64. The lowest BCUT2D eigenvalue weighted by Gasteiger charge is -2.04.